The maximum Gasteiger partial charge on any atom is 0.252 e. The van der Waals surface area contributed by atoms with Gasteiger partial charge >= 0.3 is 0 Å². The predicted octanol–water partition coefficient (Wildman–Crippen LogP) is 4.10. The van der Waals surface area contributed by atoms with Crippen LogP contribution in [0.2, 0.25) is 0 Å². The van der Waals surface area contributed by atoms with E-state index in [1.54, 1.807) is 11.3 Å². The van der Waals surface area contributed by atoms with Gasteiger partial charge in [-0.15, -0.1) is 11.3 Å². The molecule has 4 heteroatoms. The van der Waals surface area contributed by atoms with Crippen molar-refractivity contribution >= 4 is 22.4 Å². The summed E-state index contributed by atoms with van der Waals surface area (Å²) in [4.78, 5) is 17.9. The number of fused-ring (bicyclic) bond motifs is 1. The monoisotopic (exact) mass is 278 g/mol. The van der Waals surface area contributed by atoms with E-state index in [0.717, 1.165) is 30.0 Å². The van der Waals surface area contributed by atoms with E-state index in [1.165, 1.54) is 36.3 Å². The van der Waals surface area contributed by atoms with Gasteiger partial charge in [0.15, 0.2) is 5.13 Å². The first-order chi connectivity index (χ1) is 9.20. The third kappa shape index (κ3) is 3.90. The van der Waals surface area contributed by atoms with Gasteiger partial charge in [-0.05, 0) is 39.0 Å². The Labute approximate surface area is 119 Å². The van der Waals surface area contributed by atoms with Gasteiger partial charge in [-0.2, -0.15) is 0 Å². The van der Waals surface area contributed by atoms with Crippen LogP contribution in [0.1, 0.15) is 56.5 Å². The van der Waals surface area contributed by atoms with E-state index in [-0.39, 0.29) is 5.91 Å². The maximum atomic E-state index is 11.9. The van der Waals surface area contributed by atoms with Crippen LogP contribution in [-0.4, -0.2) is 10.9 Å². The fraction of sp³-hybridized carbons (Fsp3) is 0.600. The van der Waals surface area contributed by atoms with Gasteiger partial charge in [0.25, 0.3) is 5.91 Å². The minimum atomic E-state index is -0.0245. The van der Waals surface area contributed by atoms with Gasteiger partial charge in [-0.3, -0.25) is 10.1 Å². The average molecular weight is 278 g/mol. The quantitative estimate of drug-likeness (QED) is 0.846. The van der Waals surface area contributed by atoms with E-state index in [4.69, 9.17) is 0 Å². The lowest BCUT2D eigenvalue weighted by atomic mass is 10.0. The fourth-order valence-electron chi connectivity index (χ4n) is 2.35. The van der Waals surface area contributed by atoms with Gasteiger partial charge in [-0.25, -0.2) is 4.98 Å². The molecule has 0 aromatic carbocycles. The number of aryl methyl sites for hydroxylation is 2. The molecular weight excluding hydrogens is 256 g/mol. The molecule has 1 aromatic heterocycles. The van der Waals surface area contributed by atoms with Gasteiger partial charge in [0.2, 0.25) is 0 Å². The number of anilines is 1. The van der Waals surface area contributed by atoms with Gasteiger partial charge in [0.1, 0.15) is 0 Å². The number of amides is 1. The van der Waals surface area contributed by atoms with E-state index in [9.17, 15) is 4.79 Å². The number of rotatable bonds is 3. The highest BCUT2D eigenvalue weighted by Gasteiger charge is 2.15. The van der Waals surface area contributed by atoms with Crippen LogP contribution in [-0.2, 0) is 17.6 Å². The fourth-order valence-corrected chi connectivity index (χ4v) is 3.40. The van der Waals surface area contributed by atoms with Crippen LogP contribution >= 0.6 is 11.3 Å². The van der Waals surface area contributed by atoms with Crippen LogP contribution in [0.25, 0.3) is 0 Å². The molecule has 0 spiro atoms. The minimum absolute atomic E-state index is 0.0245. The Morgan fingerprint density at radius 2 is 2.05 bits per heavy atom. The third-order valence-corrected chi connectivity index (χ3v) is 4.51. The normalized spacial score (nSPS) is 16.4. The molecule has 0 bridgehead atoms. The Morgan fingerprint density at radius 3 is 2.79 bits per heavy atom. The number of carbonyl (C=O) groups excluding carboxylic acids is 1. The summed E-state index contributed by atoms with van der Waals surface area (Å²) in [5.41, 5.74) is 1.97. The number of carbonyl (C=O) groups is 1. The summed E-state index contributed by atoms with van der Waals surface area (Å²) in [6.45, 7) is 3.88. The van der Waals surface area contributed by atoms with Gasteiger partial charge in [-0.1, -0.05) is 25.8 Å². The van der Waals surface area contributed by atoms with Crippen molar-refractivity contribution in [3.63, 3.8) is 0 Å². The van der Waals surface area contributed by atoms with Crippen molar-refractivity contribution in [3.05, 3.63) is 22.2 Å². The molecule has 2 rings (SSSR count). The Hall–Kier alpha value is -1.16. The molecule has 0 radical (unpaired) electrons. The molecule has 104 valence electrons. The number of aromatic nitrogens is 1. The molecule has 0 aliphatic heterocycles. The van der Waals surface area contributed by atoms with E-state index in [2.05, 4.69) is 10.3 Å². The molecule has 0 saturated heterocycles. The first kappa shape index (κ1) is 14.3. The van der Waals surface area contributed by atoms with Gasteiger partial charge in [0.05, 0.1) is 5.69 Å². The van der Waals surface area contributed by atoms with Crippen molar-refractivity contribution in [1.29, 1.82) is 0 Å². The summed E-state index contributed by atoms with van der Waals surface area (Å²) >= 11 is 1.65. The zero-order valence-electron chi connectivity index (χ0n) is 11.8. The smallest absolute Gasteiger partial charge is 0.252 e. The largest absolute Gasteiger partial charge is 0.298 e. The van der Waals surface area contributed by atoms with Crippen LogP contribution in [0.3, 0.4) is 0 Å². The first-order valence-electron chi connectivity index (χ1n) is 7.17. The minimum Gasteiger partial charge on any atom is -0.298 e. The topological polar surface area (TPSA) is 42.0 Å². The molecule has 1 aromatic rings. The summed E-state index contributed by atoms with van der Waals surface area (Å²) in [6.07, 6.45) is 10.1. The van der Waals surface area contributed by atoms with E-state index in [0.29, 0.717) is 0 Å². The molecule has 0 unspecified atom stereocenters. The molecular formula is C15H22N2OS. The number of nitrogens with zero attached hydrogens (tertiary/aromatic N) is 1. The molecule has 1 aliphatic carbocycles. The Morgan fingerprint density at radius 1 is 1.32 bits per heavy atom. The summed E-state index contributed by atoms with van der Waals surface area (Å²) in [5.74, 6) is -0.0245. The number of hydrogen-bond acceptors (Lipinski definition) is 3. The van der Waals surface area contributed by atoms with Crippen molar-refractivity contribution in [1.82, 2.24) is 4.98 Å². The Balaban J connectivity index is 2.07. The SMILES string of the molecule is CC/C=C(\C)C(=O)Nc1nc2c(s1)CCCCCC2. The second-order valence-corrected chi connectivity index (χ2v) is 6.14. The molecule has 0 saturated carbocycles. The lowest BCUT2D eigenvalue weighted by molar-refractivity contribution is -0.112. The third-order valence-electron chi connectivity index (χ3n) is 3.43. The molecule has 1 N–H and O–H groups in total. The Bertz CT molecular complexity index is 451. The van der Waals surface area contributed by atoms with Crippen LogP contribution < -0.4 is 5.32 Å². The zero-order chi connectivity index (χ0) is 13.7. The first-order valence-corrected chi connectivity index (χ1v) is 7.99. The molecule has 0 fully saturated rings. The summed E-state index contributed by atoms with van der Waals surface area (Å²) in [6, 6.07) is 0. The van der Waals surface area contributed by atoms with Crippen molar-refractivity contribution in [2.45, 2.75) is 58.8 Å². The van der Waals surface area contributed by atoms with Crippen molar-refractivity contribution in [2.75, 3.05) is 5.32 Å². The van der Waals surface area contributed by atoms with E-state index < -0.39 is 0 Å². The molecule has 1 heterocycles. The average Bonchev–Trinajstić information content (AvgIpc) is 2.71. The van der Waals surface area contributed by atoms with Crippen LogP contribution in [0.4, 0.5) is 5.13 Å². The Kier molecular flexibility index (Phi) is 5.14. The highest BCUT2D eigenvalue weighted by Crippen LogP contribution is 2.28. The lowest BCUT2D eigenvalue weighted by Crippen LogP contribution is -2.12. The van der Waals surface area contributed by atoms with E-state index in [1.807, 2.05) is 19.9 Å². The number of allylic oxidation sites excluding steroid dienone is 1. The summed E-state index contributed by atoms with van der Waals surface area (Å²) in [5, 5.41) is 3.69. The van der Waals surface area contributed by atoms with Crippen LogP contribution in [0.5, 0.6) is 0 Å². The van der Waals surface area contributed by atoms with Crippen molar-refractivity contribution in [2.24, 2.45) is 0 Å². The lowest BCUT2D eigenvalue weighted by Gasteiger charge is -2.06. The molecule has 19 heavy (non-hydrogen) atoms. The standard InChI is InChI=1S/C15H22N2OS/c1-3-8-11(2)14(18)17-15-16-12-9-6-4-5-7-10-13(12)19-15/h8H,3-7,9-10H2,1-2H3,(H,16,17,18)/b11-8+. The van der Waals surface area contributed by atoms with Gasteiger partial charge < -0.3 is 0 Å². The predicted molar refractivity (Wildman–Crippen MR) is 80.7 cm³/mol. The summed E-state index contributed by atoms with van der Waals surface area (Å²) < 4.78 is 0. The molecule has 3 nitrogen and oxygen atoms in total. The van der Waals surface area contributed by atoms with Gasteiger partial charge in [0, 0.05) is 10.5 Å². The van der Waals surface area contributed by atoms with Crippen molar-refractivity contribution in [3.8, 4) is 0 Å². The highest BCUT2D eigenvalue weighted by molar-refractivity contribution is 7.15. The molecule has 1 amide bonds. The molecule has 1 aliphatic rings. The second-order valence-electron chi connectivity index (χ2n) is 5.05. The van der Waals surface area contributed by atoms with Crippen molar-refractivity contribution < 1.29 is 4.79 Å². The number of thiazole rings is 1. The number of hydrogen-bond donors (Lipinski definition) is 1. The summed E-state index contributed by atoms with van der Waals surface area (Å²) in [7, 11) is 0. The second kappa shape index (κ2) is 6.85. The number of nitrogens with one attached hydrogen (secondary N) is 1. The van der Waals surface area contributed by atoms with E-state index >= 15 is 0 Å². The maximum absolute atomic E-state index is 11.9. The zero-order valence-corrected chi connectivity index (χ0v) is 12.6. The highest BCUT2D eigenvalue weighted by atomic mass is 32.1. The molecule has 0 atom stereocenters. The van der Waals surface area contributed by atoms with Crippen LogP contribution in [0, 0.1) is 0 Å². The van der Waals surface area contributed by atoms with Crippen LogP contribution in [0.15, 0.2) is 11.6 Å².